The Hall–Kier alpha value is -0.160. The molecule has 2 rings (SSSR count). The van der Waals surface area contributed by atoms with Crippen molar-refractivity contribution in [3.63, 3.8) is 0 Å². The molecule has 2 aliphatic rings. The van der Waals surface area contributed by atoms with Crippen LogP contribution in [0.2, 0.25) is 0 Å². The van der Waals surface area contributed by atoms with E-state index in [9.17, 15) is 10.2 Å². The summed E-state index contributed by atoms with van der Waals surface area (Å²) in [6.07, 6.45) is 17.0. The van der Waals surface area contributed by atoms with Gasteiger partial charge in [0.05, 0.1) is 12.2 Å². The van der Waals surface area contributed by atoms with Crippen molar-refractivity contribution < 1.29 is 10.2 Å². The van der Waals surface area contributed by atoms with Crippen molar-refractivity contribution in [3.8, 4) is 0 Å². The van der Waals surface area contributed by atoms with Gasteiger partial charge in [0.2, 0.25) is 0 Å². The lowest BCUT2D eigenvalue weighted by molar-refractivity contribution is 0.0916. The first-order valence-electron chi connectivity index (χ1n) is 11.5. The summed E-state index contributed by atoms with van der Waals surface area (Å²) in [6, 6.07) is 0. The monoisotopic (exact) mass is 368 g/mol. The van der Waals surface area contributed by atoms with Crippen LogP contribution >= 0.6 is 0 Å². The zero-order valence-corrected chi connectivity index (χ0v) is 17.1. The van der Waals surface area contributed by atoms with Gasteiger partial charge in [0.15, 0.2) is 0 Å². The van der Waals surface area contributed by atoms with Crippen LogP contribution in [0, 0.1) is 0 Å². The van der Waals surface area contributed by atoms with Gasteiger partial charge in [-0.1, -0.05) is 51.4 Å². The van der Waals surface area contributed by atoms with Crippen LogP contribution in [0.15, 0.2) is 0 Å². The molecule has 0 aromatic carbocycles. The number of β-amino-alcohol motifs (C(OH)–C–C–N with tert-alkyl or cyclic N) is 2. The molecule has 0 bridgehead atoms. The maximum atomic E-state index is 10.2. The largest absolute Gasteiger partial charge is 0.392 e. The van der Waals surface area contributed by atoms with Gasteiger partial charge in [-0.05, 0) is 64.7 Å². The van der Waals surface area contributed by atoms with E-state index in [1.807, 2.05) is 0 Å². The van der Waals surface area contributed by atoms with Crippen molar-refractivity contribution in [2.75, 3.05) is 39.3 Å². The van der Waals surface area contributed by atoms with Crippen LogP contribution in [-0.4, -0.2) is 71.5 Å². The second-order valence-corrected chi connectivity index (χ2v) is 8.73. The summed E-state index contributed by atoms with van der Waals surface area (Å²) in [4.78, 5) is 4.87. The van der Waals surface area contributed by atoms with Crippen molar-refractivity contribution in [2.45, 2.75) is 102 Å². The van der Waals surface area contributed by atoms with E-state index in [0.29, 0.717) is 0 Å². The molecule has 154 valence electrons. The van der Waals surface area contributed by atoms with E-state index in [1.165, 1.54) is 90.4 Å². The maximum Gasteiger partial charge on any atom is 0.0667 e. The van der Waals surface area contributed by atoms with Crippen LogP contribution in [0.25, 0.3) is 0 Å². The minimum Gasteiger partial charge on any atom is -0.392 e. The highest BCUT2D eigenvalue weighted by Gasteiger charge is 2.15. The molecule has 2 heterocycles. The molecular weight excluding hydrogens is 324 g/mol. The quantitative estimate of drug-likeness (QED) is 0.486. The summed E-state index contributed by atoms with van der Waals surface area (Å²) in [6.45, 7) is 6.49. The first-order chi connectivity index (χ1) is 12.7. The molecule has 2 aliphatic heterocycles. The number of rotatable bonds is 13. The second kappa shape index (κ2) is 13.9. The third-order valence-electron chi connectivity index (χ3n) is 6.16. The number of likely N-dealkylation sites (tertiary alicyclic amines) is 2. The number of hydrogen-bond donors (Lipinski definition) is 2. The molecule has 2 fully saturated rings. The van der Waals surface area contributed by atoms with Gasteiger partial charge in [0.25, 0.3) is 0 Å². The summed E-state index contributed by atoms with van der Waals surface area (Å²) in [5, 5.41) is 20.3. The Balaban J connectivity index is 1.35. The molecule has 26 heavy (non-hydrogen) atoms. The van der Waals surface area contributed by atoms with Crippen molar-refractivity contribution >= 4 is 0 Å². The van der Waals surface area contributed by atoms with Gasteiger partial charge in [0.1, 0.15) is 0 Å². The van der Waals surface area contributed by atoms with Gasteiger partial charge >= 0.3 is 0 Å². The minimum absolute atomic E-state index is 0.127. The van der Waals surface area contributed by atoms with Gasteiger partial charge in [-0.15, -0.1) is 0 Å². The summed E-state index contributed by atoms with van der Waals surface area (Å²) >= 11 is 0. The molecule has 2 N–H and O–H groups in total. The Bertz CT molecular complexity index is 296. The molecule has 0 unspecified atom stereocenters. The lowest BCUT2D eigenvalue weighted by Crippen LogP contribution is -2.36. The second-order valence-electron chi connectivity index (χ2n) is 8.73. The highest BCUT2D eigenvalue weighted by Crippen LogP contribution is 2.15. The van der Waals surface area contributed by atoms with Crippen LogP contribution < -0.4 is 0 Å². The Labute approximate surface area is 161 Å². The van der Waals surface area contributed by atoms with Crippen LogP contribution in [0.4, 0.5) is 0 Å². The lowest BCUT2D eigenvalue weighted by Gasteiger charge is -2.28. The van der Waals surface area contributed by atoms with Crippen LogP contribution in [-0.2, 0) is 0 Å². The SMILES string of the molecule is O[C@@H](CCCCCCCC[C@H](O)CN1CCCCC1)CN1CCCCC1. The number of unbranched alkanes of at least 4 members (excludes halogenated alkanes) is 5. The predicted octanol–water partition coefficient (Wildman–Crippen LogP) is 3.80. The Morgan fingerprint density at radius 1 is 0.500 bits per heavy atom. The highest BCUT2D eigenvalue weighted by molar-refractivity contribution is 4.70. The van der Waals surface area contributed by atoms with Crippen LogP contribution in [0.5, 0.6) is 0 Å². The molecule has 0 spiro atoms. The fraction of sp³-hybridized carbons (Fsp3) is 1.00. The number of nitrogens with zero attached hydrogens (tertiary/aromatic N) is 2. The first kappa shape index (κ1) is 22.1. The molecule has 0 saturated carbocycles. The fourth-order valence-electron chi connectivity index (χ4n) is 4.53. The number of aliphatic hydroxyl groups is 2. The molecule has 0 aromatic rings. The number of piperidine rings is 2. The topological polar surface area (TPSA) is 46.9 Å². The Kier molecular flexibility index (Phi) is 11.9. The highest BCUT2D eigenvalue weighted by atomic mass is 16.3. The van der Waals surface area contributed by atoms with Gasteiger partial charge in [-0.25, -0.2) is 0 Å². The zero-order valence-electron chi connectivity index (χ0n) is 17.1. The third kappa shape index (κ3) is 10.2. The Morgan fingerprint density at radius 2 is 0.846 bits per heavy atom. The molecule has 0 amide bonds. The molecular formula is C22H44N2O2. The summed E-state index contributed by atoms with van der Waals surface area (Å²) in [5.41, 5.74) is 0. The summed E-state index contributed by atoms with van der Waals surface area (Å²) in [5.74, 6) is 0. The van der Waals surface area contributed by atoms with E-state index in [2.05, 4.69) is 9.80 Å². The van der Waals surface area contributed by atoms with E-state index in [0.717, 1.165) is 38.8 Å². The van der Waals surface area contributed by atoms with Crippen molar-refractivity contribution in [2.24, 2.45) is 0 Å². The molecule has 4 heteroatoms. The van der Waals surface area contributed by atoms with Crippen molar-refractivity contribution in [1.29, 1.82) is 0 Å². The zero-order chi connectivity index (χ0) is 18.5. The standard InChI is InChI=1S/C22H44N2O2/c25-21(19-23-15-9-5-10-16-23)13-7-3-1-2-4-8-14-22(26)20-24-17-11-6-12-18-24/h21-22,25-26H,1-20H2/t21-,22-/m0/s1. The Morgan fingerprint density at radius 3 is 1.23 bits per heavy atom. The molecule has 0 radical (unpaired) electrons. The van der Waals surface area contributed by atoms with Gasteiger partial charge in [0, 0.05) is 13.1 Å². The fourth-order valence-corrected chi connectivity index (χ4v) is 4.53. The van der Waals surface area contributed by atoms with Gasteiger partial charge < -0.3 is 20.0 Å². The summed E-state index contributed by atoms with van der Waals surface area (Å²) < 4.78 is 0. The molecule has 0 aliphatic carbocycles. The summed E-state index contributed by atoms with van der Waals surface area (Å²) in [7, 11) is 0. The van der Waals surface area contributed by atoms with Crippen LogP contribution in [0.3, 0.4) is 0 Å². The van der Waals surface area contributed by atoms with E-state index < -0.39 is 0 Å². The molecule has 2 saturated heterocycles. The van der Waals surface area contributed by atoms with Gasteiger partial charge in [-0.2, -0.15) is 0 Å². The minimum atomic E-state index is -0.127. The average Bonchev–Trinajstić information content (AvgIpc) is 2.65. The smallest absolute Gasteiger partial charge is 0.0667 e. The normalized spacial score (nSPS) is 22.4. The maximum absolute atomic E-state index is 10.2. The number of hydrogen-bond acceptors (Lipinski definition) is 4. The third-order valence-corrected chi connectivity index (χ3v) is 6.16. The van der Waals surface area contributed by atoms with E-state index in [4.69, 9.17) is 0 Å². The average molecular weight is 369 g/mol. The van der Waals surface area contributed by atoms with E-state index in [1.54, 1.807) is 0 Å². The van der Waals surface area contributed by atoms with E-state index in [-0.39, 0.29) is 12.2 Å². The molecule has 0 aromatic heterocycles. The van der Waals surface area contributed by atoms with E-state index >= 15 is 0 Å². The van der Waals surface area contributed by atoms with Crippen molar-refractivity contribution in [1.82, 2.24) is 9.80 Å². The predicted molar refractivity (Wildman–Crippen MR) is 110 cm³/mol. The van der Waals surface area contributed by atoms with Gasteiger partial charge in [-0.3, -0.25) is 0 Å². The van der Waals surface area contributed by atoms with Crippen molar-refractivity contribution in [3.05, 3.63) is 0 Å². The van der Waals surface area contributed by atoms with Crippen LogP contribution in [0.1, 0.15) is 89.9 Å². The lowest BCUT2D eigenvalue weighted by atomic mass is 10.0. The number of aliphatic hydroxyl groups excluding tert-OH is 2. The molecule has 4 nitrogen and oxygen atoms in total. The first-order valence-corrected chi connectivity index (χ1v) is 11.5. The molecule has 2 atom stereocenters.